The SMILES string of the molecule is CN=C(NCCCOCCOC)NCCc1cnn(C)c1.I. The predicted molar refractivity (Wildman–Crippen MR) is 99.0 cm³/mol. The molecule has 0 bridgehead atoms. The maximum Gasteiger partial charge on any atom is 0.190 e. The maximum atomic E-state index is 5.40. The largest absolute Gasteiger partial charge is 0.382 e. The van der Waals surface area contributed by atoms with Crippen molar-refractivity contribution in [2.45, 2.75) is 12.8 Å². The van der Waals surface area contributed by atoms with Crippen LogP contribution in [0, 0.1) is 0 Å². The first kappa shape index (κ1) is 21.1. The number of hydrogen-bond acceptors (Lipinski definition) is 4. The van der Waals surface area contributed by atoms with Gasteiger partial charge in [0, 0.05) is 47.1 Å². The zero-order valence-electron chi connectivity index (χ0n) is 13.7. The summed E-state index contributed by atoms with van der Waals surface area (Å²) in [5.74, 6) is 0.816. The van der Waals surface area contributed by atoms with E-state index in [0.29, 0.717) is 13.2 Å². The Hall–Kier alpha value is -0.870. The molecule has 0 aromatic carbocycles. The van der Waals surface area contributed by atoms with Gasteiger partial charge in [0.2, 0.25) is 0 Å². The van der Waals surface area contributed by atoms with Gasteiger partial charge in [-0.25, -0.2) is 0 Å². The quantitative estimate of drug-likeness (QED) is 0.251. The molecule has 0 saturated heterocycles. The Labute approximate surface area is 149 Å². The van der Waals surface area contributed by atoms with Crippen LogP contribution in [0.1, 0.15) is 12.0 Å². The Kier molecular flexibility index (Phi) is 13.2. The Morgan fingerprint density at radius 2 is 2.05 bits per heavy atom. The third-order valence-corrected chi connectivity index (χ3v) is 2.88. The molecule has 0 unspecified atom stereocenters. The van der Waals surface area contributed by atoms with Crippen LogP contribution in [0.5, 0.6) is 0 Å². The summed E-state index contributed by atoms with van der Waals surface area (Å²) >= 11 is 0. The Bertz CT molecular complexity index is 412. The van der Waals surface area contributed by atoms with Crippen LogP contribution in [0.25, 0.3) is 0 Å². The summed E-state index contributed by atoms with van der Waals surface area (Å²) in [5.41, 5.74) is 1.21. The van der Waals surface area contributed by atoms with Crippen LogP contribution in [-0.4, -0.2) is 62.8 Å². The highest BCUT2D eigenvalue weighted by Crippen LogP contribution is 1.95. The molecule has 0 aliphatic rings. The first-order chi connectivity index (χ1) is 10.3. The lowest BCUT2D eigenvalue weighted by atomic mass is 10.2. The second-order valence-corrected chi connectivity index (χ2v) is 4.66. The van der Waals surface area contributed by atoms with Crippen LogP contribution in [0.2, 0.25) is 0 Å². The van der Waals surface area contributed by atoms with Gasteiger partial charge in [0.15, 0.2) is 5.96 Å². The van der Waals surface area contributed by atoms with E-state index in [4.69, 9.17) is 9.47 Å². The summed E-state index contributed by atoms with van der Waals surface area (Å²) in [6, 6.07) is 0. The first-order valence-corrected chi connectivity index (χ1v) is 7.25. The van der Waals surface area contributed by atoms with Crippen molar-refractivity contribution in [1.29, 1.82) is 0 Å². The molecule has 0 radical (unpaired) electrons. The van der Waals surface area contributed by atoms with Gasteiger partial charge in [-0.3, -0.25) is 9.67 Å². The van der Waals surface area contributed by atoms with E-state index in [1.165, 1.54) is 5.56 Å². The highest BCUT2D eigenvalue weighted by Gasteiger charge is 1.99. The van der Waals surface area contributed by atoms with Crippen molar-refractivity contribution >= 4 is 29.9 Å². The summed E-state index contributed by atoms with van der Waals surface area (Å²) in [7, 11) is 5.37. The van der Waals surface area contributed by atoms with Gasteiger partial charge >= 0.3 is 0 Å². The average molecular weight is 425 g/mol. The van der Waals surface area contributed by atoms with Crippen molar-refractivity contribution in [3.8, 4) is 0 Å². The number of aryl methyl sites for hydroxylation is 1. The number of aromatic nitrogens is 2. The Morgan fingerprint density at radius 3 is 2.68 bits per heavy atom. The van der Waals surface area contributed by atoms with E-state index in [-0.39, 0.29) is 24.0 Å². The molecule has 1 rings (SSSR count). The molecule has 0 amide bonds. The number of aliphatic imine (C=N–C) groups is 1. The van der Waals surface area contributed by atoms with Crippen molar-refractivity contribution in [2.24, 2.45) is 12.0 Å². The molecule has 1 aromatic heterocycles. The zero-order valence-corrected chi connectivity index (χ0v) is 16.0. The molecule has 0 atom stereocenters. The van der Waals surface area contributed by atoms with Crippen LogP contribution >= 0.6 is 24.0 Å². The van der Waals surface area contributed by atoms with Crippen LogP contribution in [-0.2, 0) is 22.9 Å². The number of hydrogen-bond donors (Lipinski definition) is 2. The lowest BCUT2D eigenvalue weighted by Crippen LogP contribution is -2.39. The van der Waals surface area contributed by atoms with Crippen LogP contribution in [0.4, 0.5) is 0 Å². The van der Waals surface area contributed by atoms with E-state index in [0.717, 1.165) is 38.5 Å². The van der Waals surface area contributed by atoms with Crippen LogP contribution in [0.15, 0.2) is 17.4 Å². The lowest BCUT2D eigenvalue weighted by Gasteiger charge is -2.11. The van der Waals surface area contributed by atoms with Gasteiger partial charge in [0.05, 0.1) is 19.4 Å². The number of nitrogens with zero attached hydrogens (tertiary/aromatic N) is 3. The summed E-state index contributed by atoms with van der Waals surface area (Å²) < 4.78 is 12.1. The van der Waals surface area contributed by atoms with Crippen molar-refractivity contribution in [2.75, 3.05) is 47.1 Å². The average Bonchev–Trinajstić information content (AvgIpc) is 2.90. The summed E-state index contributed by atoms with van der Waals surface area (Å²) in [5, 5.41) is 10.7. The van der Waals surface area contributed by atoms with Crippen LogP contribution in [0.3, 0.4) is 0 Å². The topological polar surface area (TPSA) is 72.7 Å². The normalized spacial score (nSPS) is 11.1. The standard InChI is InChI=1S/C14H27N5O2.HI/c1-15-14(16-6-4-8-21-10-9-20-3)17-7-5-13-11-18-19(2)12-13;/h11-12H,4-10H2,1-3H3,(H2,15,16,17);1H. The maximum absolute atomic E-state index is 5.40. The molecule has 1 aromatic rings. The molecule has 22 heavy (non-hydrogen) atoms. The highest BCUT2D eigenvalue weighted by molar-refractivity contribution is 14.0. The summed E-state index contributed by atoms with van der Waals surface area (Å²) in [6.45, 7) is 3.68. The van der Waals surface area contributed by atoms with E-state index < -0.39 is 0 Å². The number of nitrogens with one attached hydrogen (secondary N) is 2. The molecule has 0 fully saturated rings. The van der Waals surface area contributed by atoms with E-state index in [9.17, 15) is 0 Å². The van der Waals surface area contributed by atoms with Gasteiger partial charge in [0.25, 0.3) is 0 Å². The second-order valence-electron chi connectivity index (χ2n) is 4.66. The van der Waals surface area contributed by atoms with Crippen molar-refractivity contribution in [1.82, 2.24) is 20.4 Å². The smallest absolute Gasteiger partial charge is 0.190 e. The van der Waals surface area contributed by atoms with Gasteiger partial charge in [-0.1, -0.05) is 0 Å². The molecule has 1 heterocycles. The fraction of sp³-hybridized carbons (Fsp3) is 0.714. The summed E-state index contributed by atoms with van der Waals surface area (Å²) in [6.07, 6.45) is 5.77. The van der Waals surface area contributed by atoms with E-state index in [2.05, 4.69) is 20.7 Å². The molecule has 0 saturated carbocycles. The molecule has 0 aliphatic heterocycles. The lowest BCUT2D eigenvalue weighted by molar-refractivity contribution is 0.0698. The molecule has 128 valence electrons. The minimum absolute atomic E-state index is 0. The first-order valence-electron chi connectivity index (χ1n) is 7.25. The molecular weight excluding hydrogens is 397 g/mol. The van der Waals surface area contributed by atoms with Gasteiger partial charge < -0.3 is 20.1 Å². The van der Waals surface area contributed by atoms with Gasteiger partial charge in [0.1, 0.15) is 0 Å². The van der Waals surface area contributed by atoms with Gasteiger partial charge in [-0.2, -0.15) is 5.10 Å². The molecule has 2 N–H and O–H groups in total. The third kappa shape index (κ3) is 9.96. The Morgan fingerprint density at radius 1 is 1.27 bits per heavy atom. The number of methoxy groups -OCH3 is 1. The molecule has 8 heteroatoms. The fourth-order valence-electron chi connectivity index (χ4n) is 1.77. The molecular formula is C14H28IN5O2. The van der Waals surface area contributed by atoms with Crippen molar-refractivity contribution in [3.05, 3.63) is 18.0 Å². The van der Waals surface area contributed by atoms with Crippen LogP contribution < -0.4 is 10.6 Å². The van der Waals surface area contributed by atoms with E-state index >= 15 is 0 Å². The van der Waals surface area contributed by atoms with Gasteiger partial charge in [-0.15, -0.1) is 24.0 Å². The molecule has 0 spiro atoms. The number of rotatable bonds is 10. The van der Waals surface area contributed by atoms with Gasteiger partial charge in [-0.05, 0) is 18.4 Å². The van der Waals surface area contributed by atoms with E-state index in [1.807, 2.05) is 24.1 Å². The molecule has 7 nitrogen and oxygen atoms in total. The fourth-order valence-corrected chi connectivity index (χ4v) is 1.77. The monoisotopic (exact) mass is 425 g/mol. The number of guanidine groups is 1. The highest BCUT2D eigenvalue weighted by atomic mass is 127. The predicted octanol–water partition coefficient (Wildman–Crippen LogP) is 0.799. The van der Waals surface area contributed by atoms with Crippen molar-refractivity contribution < 1.29 is 9.47 Å². The Balaban J connectivity index is 0.00000441. The zero-order chi connectivity index (χ0) is 15.3. The summed E-state index contributed by atoms with van der Waals surface area (Å²) in [4.78, 5) is 4.18. The number of ether oxygens (including phenoxy) is 2. The van der Waals surface area contributed by atoms with E-state index in [1.54, 1.807) is 14.2 Å². The number of halogens is 1. The molecule has 0 aliphatic carbocycles. The third-order valence-electron chi connectivity index (χ3n) is 2.88. The minimum Gasteiger partial charge on any atom is -0.382 e. The second kappa shape index (κ2) is 13.8. The minimum atomic E-state index is 0. The van der Waals surface area contributed by atoms with Crippen molar-refractivity contribution in [3.63, 3.8) is 0 Å².